The molecule has 18 heavy (non-hydrogen) atoms. The minimum Gasteiger partial charge on any atom is -0.384 e. The fourth-order valence-corrected chi connectivity index (χ4v) is 2.08. The van der Waals surface area contributed by atoms with Gasteiger partial charge in [-0.05, 0) is 47.9 Å². The van der Waals surface area contributed by atoms with Crippen LogP contribution in [0.5, 0.6) is 0 Å². The number of hydrogen-bond donors (Lipinski definition) is 1. The summed E-state index contributed by atoms with van der Waals surface area (Å²) in [4.78, 5) is 8.31. The van der Waals surface area contributed by atoms with Crippen LogP contribution in [0.3, 0.4) is 0 Å². The molecule has 0 spiro atoms. The topological polar surface area (TPSA) is 51.8 Å². The Morgan fingerprint density at radius 1 is 0.889 bits per heavy atom. The van der Waals surface area contributed by atoms with E-state index in [0.29, 0.717) is 5.82 Å². The van der Waals surface area contributed by atoms with E-state index in [1.807, 2.05) is 24.4 Å². The zero-order valence-electron chi connectivity index (χ0n) is 9.88. The second-order valence-corrected chi connectivity index (χ2v) is 4.30. The number of aromatic nitrogens is 2. The first-order chi connectivity index (χ1) is 8.81. The van der Waals surface area contributed by atoms with Gasteiger partial charge in [0.1, 0.15) is 5.82 Å². The van der Waals surface area contributed by atoms with E-state index >= 15 is 0 Å². The number of rotatable bonds is 2. The Kier molecular flexibility index (Phi) is 2.65. The second-order valence-electron chi connectivity index (χ2n) is 4.30. The van der Waals surface area contributed by atoms with E-state index in [1.165, 1.54) is 11.1 Å². The molecule has 3 aromatic rings. The molecule has 0 radical (unpaired) electrons. The number of nitrogen functional groups attached to an aromatic ring is 1. The number of pyridine rings is 2. The molecule has 0 unspecified atom stereocenters. The lowest BCUT2D eigenvalue weighted by Gasteiger charge is -2.04. The van der Waals surface area contributed by atoms with Crippen LogP contribution in [-0.4, -0.2) is 9.97 Å². The monoisotopic (exact) mass is 235 g/mol. The summed E-state index contributed by atoms with van der Waals surface area (Å²) in [5.74, 6) is 0.565. The summed E-state index contributed by atoms with van der Waals surface area (Å²) in [5.41, 5.74) is 9.13. The van der Waals surface area contributed by atoms with Crippen LogP contribution in [0.1, 0.15) is 11.1 Å². The van der Waals surface area contributed by atoms with Gasteiger partial charge < -0.3 is 5.73 Å². The fraction of sp³-hybridized carbons (Fsp3) is 0.0667. The van der Waals surface area contributed by atoms with E-state index in [9.17, 15) is 0 Å². The summed E-state index contributed by atoms with van der Waals surface area (Å²) in [6.45, 7) is 0. The predicted octanol–water partition coefficient (Wildman–Crippen LogP) is 2.80. The highest BCUT2D eigenvalue weighted by atomic mass is 14.8. The van der Waals surface area contributed by atoms with Crippen LogP contribution in [-0.2, 0) is 6.42 Å². The molecule has 2 heterocycles. The Bertz CT molecular complexity index is 692. The number of hydrogen-bond acceptors (Lipinski definition) is 3. The first kappa shape index (κ1) is 10.7. The van der Waals surface area contributed by atoms with E-state index < -0.39 is 0 Å². The van der Waals surface area contributed by atoms with Crippen LogP contribution in [0.15, 0.2) is 54.9 Å². The molecule has 0 aliphatic carbocycles. The molecule has 1 aromatic carbocycles. The molecule has 0 saturated heterocycles. The molecular weight excluding hydrogens is 222 g/mol. The summed E-state index contributed by atoms with van der Waals surface area (Å²) < 4.78 is 0. The summed E-state index contributed by atoms with van der Waals surface area (Å²) in [6, 6.07) is 14.3. The van der Waals surface area contributed by atoms with Gasteiger partial charge in [-0.15, -0.1) is 0 Å². The lowest BCUT2D eigenvalue weighted by Crippen LogP contribution is -1.93. The van der Waals surface area contributed by atoms with Crippen molar-refractivity contribution in [1.82, 2.24) is 9.97 Å². The average Bonchev–Trinajstić information content (AvgIpc) is 2.39. The molecule has 0 saturated carbocycles. The number of fused-ring (bicyclic) bond motifs is 1. The molecule has 0 atom stereocenters. The van der Waals surface area contributed by atoms with Gasteiger partial charge in [0.2, 0.25) is 0 Å². The Morgan fingerprint density at radius 2 is 1.78 bits per heavy atom. The lowest BCUT2D eigenvalue weighted by atomic mass is 10.0. The third kappa shape index (κ3) is 2.15. The van der Waals surface area contributed by atoms with Crippen molar-refractivity contribution in [2.24, 2.45) is 0 Å². The minimum absolute atomic E-state index is 0.565. The third-order valence-corrected chi connectivity index (χ3v) is 2.92. The molecule has 0 fully saturated rings. The van der Waals surface area contributed by atoms with E-state index in [-0.39, 0.29) is 0 Å². The van der Waals surface area contributed by atoms with Crippen LogP contribution >= 0.6 is 0 Å². The molecular formula is C15H13N3. The number of benzene rings is 1. The first-order valence-electron chi connectivity index (χ1n) is 5.85. The molecule has 88 valence electrons. The molecule has 0 amide bonds. The summed E-state index contributed by atoms with van der Waals surface area (Å²) in [5, 5.41) is 1.16. The van der Waals surface area contributed by atoms with Crippen LogP contribution in [0.2, 0.25) is 0 Å². The van der Waals surface area contributed by atoms with Gasteiger partial charge in [-0.3, -0.25) is 4.98 Å². The van der Waals surface area contributed by atoms with Gasteiger partial charge in [-0.25, -0.2) is 4.98 Å². The van der Waals surface area contributed by atoms with Crippen LogP contribution in [0, 0.1) is 0 Å². The van der Waals surface area contributed by atoms with Gasteiger partial charge in [-0.1, -0.05) is 12.1 Å². The smallest absolute Gasteiger partial charge is 0.123 e. The quantitative estimate of drug-likeness (QED) is 0.743. The van der Waals surface area contributed by atoms with E-state index in [4.69, 9.17) is 5.73 Å². The molecule has 3 rings (SSSR count). The SMILES string of the molecule is Nc1cc(Cc2ccc3ncccc3c2)ccn1. The Morgan fingerprint density at radius 3 is 2.67 bits per heavy atom. The molecule has 0 aliphatic heterocycles. The van der Waals surface area contributed by atoms with Crippen molar-refractivity contribution in [3.05, 3.63) is 66.0 Å². The zero-order chi connectivity index (χ0) is 12.4. The van der Waals surface area contributed by atoms with E-state index in [0.717, 1.165) is 17.3 Å². The van der Waals surface area contributed by atoms with Crippen molar-refractivity contribution in [3.8, 4) is 0 Å². The highest BCUT2D eigenvalue weighted by Gasteiger charge is 2.00. The van der Waals surface area contributed by atoms with Gasteiger partial charge in [0.05, 0.1) is 5.52 Å². The van der Waals surface area contributed by atoms with Crippen molar-refractivity contribution in [1.29, 1.82) is 0 Å². The molecule has 2 N–H and O–H groups in total. The highest BCUT2D eigenvalue weighted by molar-refractivity contribution is 5.79. The van der Waals surface area contributed by atoms with Gasteiger partial charge in [-0.2, -0.15) is 0 Å². The van der Waals surface area contributed by atoms with Crippen molar-refractivity contribution in [3.63, 3.8) is 0 Å². The first-order valence-corrected chi connectivity index (χ1v) is 5.85. The molecule has 2 aromatic heterocycles. The van der Waals surface area contributed by atoms with Crippen LogP contribution < -0.4 is 5.73 Å². The minimum atomic E-state index is 0.565. The molecule has 3 heteroatoms. The number of anilines is 1. The standard InChI is InChI=1S/C15H13N3/c16-15-10-12(5-7-18-15)8-11-3-4-14-13(9-11)2-1-6-17-14/h1-7,9-10H,8H2,(H2,16,18). The molecule has 3 nitrogen and oxygen atoms in total. The van der Waals surface area contributed by atoms with Crippen molar-refractivity contribution in [2.75, 3.05) is 5.73 Å². The number of nitrogens with two attached hydrogens (primary N) is 1. The maximum Gasteiger partial charge on any atom is 0.123 e. The van der Waals surface area contributed by atoms with E-state index in [1.54, 1.807) is 6.20 Å². The van der Waals surface area contributed by atoms with Crippen molar-refractivity contribution in [2.45, 2.75) is 6.42 Å². The molecule has 0 bridgehead atoms. The second kappa shape index (κ2) is 4.45. The Hall–Kier alpha value is -2.42. The zero-order valence-corrected chi connectivity index (χ0v) is 9.88. The summed E-state index contributed by atoms with van der Waals surface area (Å²) in [7, 11) is 0. The maximum absolute atomic E-state index is 5.68. The Labute approximate surface area is 105 Å². The van der Waals surface area contributed by atoms with Gasteiger partial charge >= 0.3 is 0 Å². The van der Waals surface area contributed by atoms with Gasteiger partial charge in [0.25, 0.3) is 0 Å². The molecule has 0 aliphatic rings. The average molecular weight is 235 g/mol. The lowest BCUT2D eigenvalue weighted by molar-refractivity contribution is 1.17. The largest absolute Gasteiger partial charge is 0.384 e. The Balaban J connectivity index is 1.95. The fourth-order valence-electron chi connectivity index (χ4n) is 2.08. The van der Waals surface area contributed by atoms with Gasteiger partial charge in [0, 0.05) is 17.8 Å². The van der Waals surface area contributed by atoms with Crippen molar-refractivity contribution < 1.29 is 0 Å². The van der Waals surface area contributed by atoms with Crippen LogP contribution in [0.25, 0.3) is 10.9 Å². The number of nitrogens with zero attached hydrogens (tertiary/aromatic N) is 2. The normalized spacial score (nSPS) is 10.7. The summed E-state index contributed by atoms with van der Waals surface area (Å²) >= 11 is 0. The van der Waals surface area contributed by atoms with Crippen LogP contribution in [0.4, 0.5) is 5.82 Å². The third-order valence-electron chi connectivity index (χ3n) is 2.92. The van der Waals surface area contributed by atoms with E-state index in [2.05, 4.69) is 34.2 Å². The maximum atomic E-state index is 5.68. The highest BCUT2D eigenvalue weighted by Crippen LogP contribution is 2.16. The van der Waals surface area contributed by atoms with Gasteiger partial charge in [0.15, 0.2) is 0 Å². The summed E-state index contributed by atoms with van der Waals surface area (Å²) in [6.07, 6.45) is 4.41. The van der Waals surface area contributed by atoms with Crippen molar-refractivity contribution >= 4 is 16.7 Å². The predicted molar refractivity (Wildman–Crippen MR) is 73.2 cm³/mol.